The number of aromatic nitrogens is 1. The molecule has 2 aromatic carbocycles. The molecule has 4 rings (SSSR count). The van der Waals surface area contributed by atoms with E-state index in [4.69, 9.17) is 16.6 Å². The molecule has 0 aliphatic carbocycles. The zero-order valence-corrected chi connectivity index (χ0v) is 20.5. The Bertz CT molecular complexity index is 1160. The summed E-state index contributed by atoms with van der Waals surface area (Å²) in [5.74, 6) is 0.0128. The monoisotopic (exact) mass is 481 g/mol. The van der Waals surface area contributed by atoms with Gasteiger partial charge in [-0.3, -0.25) is 0 Å². The number of carbonyl (C=O) groups excluding carboxylic acids is 1. The Morgan fingerprint density at radius 2 is 2.09 bits per heavy atom. The first kappa shape index (κ1) is 24.5. The van der Waals surface area contributed by atoms with Crippen molar-refractivity contribution in [1.82, 2.24) is 15.6 Å². The van der Waals surface area contributed by atoms with Crippen LogP contribution in [-0.2, 0) is 10.3 Å². The molecule has 1 aromatic heterocycles. The minimum atomic E-state index is -1.13. The first-order valence-electron chi connectivity index (χ1n) is 11.8. The van der Waals surface area contributed by atoms with Crippen molar-refractivity contribution in [2.75, 3.05) is 26.7 Å². The van der Waals surface area contributed by atoms with Crippen LogP contribution in [0.4, 0.5) is 4.79 Å². The first-order valence-corrected chi connectivity index (χ1v) is 12.2. The second-order valence-electron chi connectivity index (χ2n) is 8.99. The number of hydrogen-bond acceptors (Lipinski definition) is 5. The summed E-state index contributed by atoms with van der Waals surface area (Å²) in [6.45, 7) is 4.13. The Kier molecular flexibility index (Phi) is 7.71. The highest BCUT2D eigenvalue weighted by Gasteiger charge is 2.40. The van der Waals surface area contributed by atoms with Gasteiger partial charge in [0, 0.05) is 30.0 Å². The molecule has 3 N–H and O–H groups in total. The maximum Gasteiger partial charge on any atom is 0.406 e. The van der Waals surface area contributed by atoms with Crippen molar-refractivity contribution in [3.8, 4) is 11.3 Å². The van der Waals surface area contributed by atoms with E-state index >= 15 is 0 Å². The molecule has 2 atom stereocenters. The third kappa shape index (κ3) is 5.04. The number of pyridine rings is 1. The van der Waals surface area contributed by atoms with Crippen molar-refractivity contribution in [3.63, 3.8) is 0 Å². The molecule has 3 aromatic rings. The number of rotatable bonds is 7. The molecule has 0 bridgehead atoms. The molecule has 1 fully saturated rings. The fraction of sp³-hybridized carbons (Fsp3) is 0.407. The number of para-hydroxylation sites is 1. The van der Waals surface area contributed by atoms with Gasteiger partial charge in [0.25, 0.3) is 0 Å². The minimum absolute atomic E-state index is 0.0128. The molecule has 1 aliphatic rings. The smallest absolute Gasteiger partial charge is 0.406 e. The van der Waals surface area contributed by atoms with Gasteiger partial charge in [-0.05, 0) is 62.4 Å². The molecule has 1 saturated heterocycles. The number of hydrogen-bond donors (Lipinski definition) is 3. The fourth-order valence-corrected chi connectivity index (χ4v) is 5.29. The molecule has 6 nitrogen and oxygen atoms in total. The molecule has 1 aliphatic heterocycles. The second-order valence-corrected chi connectivity index (χ2v) is 9.40. The number of nitrogens with zero attached hydrogens (tertiary/aromatic N) is 1. The number of carbonyl (C=O) groups is 1. The predicted octanol–water partition coefficient (Wildman–Crippen LogP) is 5.19. The van der Waals surface area contributed by atoms with E-state index in [1.165, 1.54) is 7.11 Å². The highest BCUT2D eigenvalue weighted by molar-refractivity contribution is 6.33. The fourth-order valence-electron chi connectivity index (χ4n) is 5.02. The number of amides is 1. The maximum atomic E-state index is 12.3. The van der Waals surface area contributed by atoms with Crippen LogP contribution >= 0.6 is 11.6 Å². The lowest BCUT2D eigenvalue weighted by atomic mass is 9.73. The molecule has 7 heteroatoms. The number of methoxy groups -OCH3 is 1. The summed E-state index contributed by atoms with van der Waals surface area (Å²) in [5, 5.41) is 20.1. The molecule has 1 unspecified atom stereocenters. The van der Waals surface area contributed by atoms with Crippen LogP contribution in [0.2, 0.25) is 5.02 Å². The van der Waals surface area contributed by atoms with Crippen LogP contribution in [0.5, 0.6) is 0 Å². The Labute approximate surface area is 205 Å². The van der Waals surface area contributed by atoms with Crippen LogP contribution < -0.4 is 10.6 Å². The number of aliphatic hydroxyl groups is 1. The average Bonchev–Trinajstić information content (AvgIpc) is 2.87. The third-order valence-corrected chi connectivity index (χ3v) is 7.13. The summed E-state index contributed by atoms with van der Waals surface area (Å²) in [7, 11) is 1.34. The van der Waals surface area contributed by atoms with Crippen molar-refractivity contribution in [3.05, 3.63) is 64.7 Å². The van der Waals surface area contributed by atoms with E-state index in [1.54, 1.807) is 0 Å². The Hall–Kier alpha value is -2.67. The number of alkyl carbamates (subject to hydrolysis) is 1. The summed E-state index contributed by atoms with van der Waals surface area (Å²) in [4.78, 5) is 16.5. The van der Waals surface area contributed by atoms with E-state index in [1.807, 2.05) is 49.4 Å². The Morgan fingerprint density at radius 3 is 2.85 bits per heavy atom. The van der Waals surface area contributed by atoms with Crippen LogP contribution in [0.25, 0.3) is 22.2 Å². The van der Waals surface area contributed by atoms with Crippen molar-refractivity contribution < 1.29 is 14.6 Å². The van der Waals surface area contributed by atoms with Crippen LogP contribution in [0.15, 0.2) is 48.5 Å². The SMILES string of the molecule is COC(=O)NCCCC(O)(c1cccc(Cl)c1-c1ccc2cccc(C)c2n1)[C@@H]1CCCNC1. The molecular weight excluding hydrogens is 450 g/mol. The maximum absolute atomic E-state index is 12.3. The molecule has 0 radical (unpaired) electrons. The quantitative estimate of drug-likeness (QED) is 0.404. The Balaban J connectivity index is 1.77. The van der Waals surface area contributed by atoms with E-state index in [0.29, 0.717) is 24.4 Å². The van der Waals surface area contributed by atoms with Gasteiger partial charge in [-0.15, -0.1) is 0 Å². The summed E-state index contributed by atoms with van der Waals surface area (Å²) in [6.07, 6.45) is 2.50. The number of fused-ring (bicyclic) bond motifs is 1. The van der Waals surface area contributed by atoms with E-state index in [-0.39, 0.29) is 5.92 Å². The lowest BCUT2D eigenvalue weighted by Crippen LogP contribution is -2.45. The van der Waals surface area contributed by atoms with Gasteiger partial charge in [0.1, 0.15) is 0 Å². The van der Waals surface area contributed by atoms with E-state index in [2.05, 4.69) is 21.4 Å². The number of nitrogens with one attached hydrogen (secondary N) is 2. The van der Waals surface area contributed by atoms with E-state index < -0.39 is 11.7 Å². The minimum Gasteiger partial charge on any atom is -0.453 e. The van der Waals surface area contributed by atoms with Crippen LogP contribution in [-0.4, -0.2) is 42.9 Å². The lowest BCUT2D eigenvalue weighted by Gasteiger charge is -2.40. The average molecular weight is 482 g/mol. The van der Waals surface area contributed by atoms with Gasteiger partial charge < -0.3 is 20.5 Å². The number of benzene rings is 2. The van der Waals surface area contributed by atoms with Gasteiger partial charge in [-0.1, -0.05) is 48.0 Å². The van der Waals surface area contributed by atoms with E-state index in [0.717, 1.165) is 59.2 Å². The zero-order valence-electron chi connectivity index (χ0n) is 19.7. The summed E-state index contributed by atoms with van der Waals surface area (Å²) in [5.41, 5.74) is 3.19. The number of ether oxygens (including phenoxy) is 1. The molecule has 1 amide bonds. The molecule has 2 heterocycles. The van der Waals surface area contributed by atoms with Gasteiger partial charge in [-0.2, -0.15) is 0 Å². The standard InChI is InChI=1S/C27H32ClN3O3/c1-18-7-3-8-19-12-13-23(31-25(18)19)24-21(10-4-11-22(24)28)27(33,20-9-5-15-29-17-20)14-6-16-30-26(32)34-2/h3-4,7-8,10-13,20,29,33H,5-6,9,14-17H2,1-2H3,(H,30,32)/t20-,27?/m1/s1. The number of piperidine rings is 1. The largest absolute Gasteiger partial charge is 0.453 e. The summed E-state index contributed by atoms with van der Waals surface area (Å²) in [6, 6.07) is 15.9. The number of halogens is 1. The molecule has 0 saturated carbocycles. The predicted molar refractivity (Wildman–Crippen MR) is 136 cm³/mol. The lowest BCUT2D eigenvalue weighted by molar-refractivity contribution is -0.0416. The first-order chi connectivity index (χ1) is 16.4. The van der Waals surface area contributed by atoms with Crippen molar-refractivity contribution in [2.24, 2.45) is 5.92 Å². The zero-order chi connectivity index (χ0) is 24.1. The van der Waals surface area contributed by atoms with Crippen molar-refractivity contribution >= 4 is 28.6 Å². The summed E-state index contributed by atoms with van der Waals surface area (Å²) >= 11 is 6.78. The van der Waals surface area contributed by atoms with Gasteiger partial charge in [0.15, 0.2) is 0 Å². The van der Waals surface area contributed by atoms with Crippen molar-refractivity contribution in [2.45, 2.75) is 38.2 Å². The van der Waals surface area contributed by atoms with Gasteiger partial charge >= 0.3 is 6.09 Å². The van der Waals surface area contributed by atoms with Crippen LogP contribution in [0.1, 0.15) is 36.8 Å². The van der Waals surface area contributed by atoms with E-state index in [9.17, 15) is 9.90 Å². The molecular formula is C27H32ClN3O3. The summed E-state index contributed by atoms with van der Waals surface area (Å²) < 4.78 is 4.67. The third-order valence-electron chi connectivity index (χ3n) is 6.82. The Morgan fingerprint density at radius 1 is 1.26 bits per heavy atom. The van der Waals surface area contributed by atoms with Gasteiger partial charge in [0.2, 0.25) is 0 Å². The topological polar surface area (TPSA) is 83.5 Å². The normalized spacial score (nSPS) is 17.8. The van der Waals surface area contributed by atoms with Crippen LogP contribution in [0.3, 0.4) is 0 Å². The highest BCUT2D eigenvalue weighted by Crippen LogP contribution is 2.44. The van der Waals surface area contributed by atoms with Gasteiger partial charge in [0.05, 0.1) is 28.9 Å². The highest BCUT2D eigenvalue weighted by atomic mass is 35.5. The molecule has 34 heavy (non-hydrogen) atoms. The van der Waals surface area contributed by atoms with Crippen LogP contribution in [0, 0.1) is 12.8 Å². The van der Waals surface area contributed by atoms with Gasteiger partial charge in [-0.25, -0.2) is 9.78 Å². The van der Waals surface area contributed by atoms with Crippen molar-refractivity contribution in [1.29, 1.82) is 0 Å². The second kappa shape index (κ2) is 10.7. The number of aryl methyl sites for hydroxylation is 1. The molecule has 180 valence electrons. The molecule has 0 spiro atoms.